The van der Waals surface area contributed by atoms with E-state index in [1.54, 1.807) is 27.7 Å². The molecule has 0 heterocycles. The fourth-order valence-electron chi connectivity index (χ4n) is 4.36. The Morgan fingerprint density at radius 2 is 1.04 bits per heavy atom. The van der Waals surface area contributed by atoms with Crippen molar-refractivity contribution >= 4 is 47.4 Å². The molecule has 7 atom stereocenters. The van der Waals surface area contributed by atoms with Gasteiger partial charge in [-0.25, -0.2) is 4.79 Å². The molecule has 0 aromatic rings. The molecule has 0 saturated carbocycles. The van der Waals surface area contributed by atoms with Crippen LogP contribution >= 0.6 is 0 Å². The third-order valence-corrected chi connectivity index (χ3v) is 7.40. The molecule has 0 spiro atoms. The Balaban J connectivity index is 5.92. The first-order valence-corrected chi connectivity index (χ1v) is 15.6. The minimum absolute atomic E-state index is 0.0426. The first kappa shape index (κ1) is 42.7. The summed E-state index contributed by atoms with van der Waals surface area (Å²) in [4.78, 5) is 99.2. The number of rotatable bonds is 22. The van der Waals surface area contributed by atoms with Gasteiger partial charge in [-0.3, -0.25) is 33.6 Å². The molecule has 0 bridgehead atoms. The lowest BCUT2D eigenvalue weighted by Crippen LogP contribution is -2.60. The van der Waals surface area contributed by atoms with Crippen molar-refractivity contribution in [3.63, 3.8) is 0 Å². The van der Waals surface area contributed by atoms with Crippen LogP contribution in [0.15, 0.2) is 0 Å². The lowest BCUT2D eigenvalue weighted by atomic mass is 9.99. The number of nitrogens with one attached hydrogen (secondary N) is 5. The van der Waals surface area contributed by atoms with E-state index in [0.29, 0.717) is 6.42 Å². The molecule has 0 unspecified atom stereocenters. The van der Waals surface area contributed by atoms with Crippen LogP contribution in [0, 0.1) is 17.8 Å². The van der Waals surface area contributed by atoms with Gasteiger partial charge in [0.05, 0.1) is 6.04 Å². The highest BCUT2D eigenvalue weighted by Crippen LogP contribution is 2.10. The summed E-state index contributed by atoms with van der Waals surface area (Å²) in [7, 11) is 0. The van der Waals surface area contributed by atoms with Gasteiger partial charge in [-0.15, -0.1) is 0 Å². The van der Waals surface area contributed by atoms with Gasteiger partial charge in [-0.2, -0.15) is 0 Å². The molecule has 0 saturated heterocycles. The van der Waals surface area contributed by atoms with Gasteiger partial charge in [0, 0.05) is 12.8 Å². The highest BCUT2D eigenvalue weighted by Gasteiger charge is 2.34. The Morgan fingerprint density at radius 1 is 0.596 bits per heavy atom. The zero-order chi connectivity index (χ0) is 36.6. The molecule has 0 aliphatic carbocycles. The molecule has 17 heteroatoms. The molecule has 0 aliphatic heterocycles. The molecular formula is C30H52N6O11. The Kier molecular flexibility index (Phi) is 18.9. The quantitative estimate of drug-likeness (QED) is 0.0692. The molecule has 5 amide bonds. The molecule has 47 heavy (non-hydrogen) atoms. The van der Waals surface area contributed by atoms with Crippen molar-refractivity contribution in [1.82, 2.24) is 26.6 Å². The van der Waals surface area contributed by atoms with E-state index in [9.17, 15) is 48.6 Å². The van der Waals surface area contributed by atoms with Gasteiger partial charge in [0.1, 0.15) is 30.2 Å². The summed E-state index contributed by atoms with van der Waals surface area (Å²) in [6, 6.07) is -7.61. The van der Waals surface area contributed by atoms with E-state index < -0.39 is 115 Å². The number of carboxylic acids is 3. The average Bonchev–Trinajstić information content (AvgIpc) is 2.96. The maximum Gasteiger partial charge on any atom is 0.326 e. The van der Waals surface area contributed by atoms with E-state index in [1.807, 2.05) is 13.8 Å². The minimum atomic E-state index is -1.52. The van der Waals surface area contributed by atoms with Crippen LogP contribution in [0.2, 0.25) is 0 Å². The minimum Gasteiger partial charge on any atom is -0.481 e. The van der Waals surface area contributed by atoms with E-state index in [-0.39, 0.29) is 18.8 Å². The highest BCUT2D eigenvalue weighted by atomic mass is 16.4. The van der Waals surface area contributed by atoms with Crippen molar-refractivity contribution in [2.45, 2.75) is 123 Å². The summed E-state index contributed by atoms with van der Waals surface area (Å²) < 4.78 is 0. The zero-order valence-corrected chi connectivity index (χ0v) is 28.1. The Labute approximate surface area is 274 Å². The largest absolute Gasteiger partial charge is 0.481 e. The van der Waals surface area contributed by atoms with Gasteiger partial charge in [0.25, 0.3) is 0 Å². The van der Waals surface area contributed by atoms with Crippen LogP contribution in [0.1, 0.15) is 87.0 Å². The lowest BCUT2D eigenvalue weighted by Gasteiger charge is -2.28. The molecule has 0 aliphatic rings. The van der Waals surface area contributed by atoms with E-state index in [2.05, 4.69) is 26.6 Å². The second kappa shape index (κ2) is 20.8. The molecular weight excluding hydrogens is 620 g/mol. The summed E-state index contributed by atoms with van der Waals surface area (Å²) in [6.45, 7) is 11.6. The summed E-state index contributed by atoms with van der Waals surface area (Å²) in [5, 5.41) is 39.9. The molecule has 268 valence electrons. The number of hydrogen-bond donors (Lipinski definition) is 9. The van der Waals surface area contributed by atoms with Crippen molar-refractivity contribution in [1.29, 1.82) is 0 Å². The van der Waals surface area contributed by atoms with Gasteiger partial charge in [0.2, 0.25) is 29.5 Å². The number of carbonyl (C=O) groups is 8. The van der Waals surface area contributed by atoms with E-state index in [4.69, 9.17) is 10.8 Å². The Hall–Kier alpha value is -4.28. The fourth-order valence-corrected chi connectivity index (χ4v) is 4.36. The third-order valence-electron chi connectivity index (χ3n) is 7.40. The lowest BCUT2D eigenvalue weighted by molar-refractivity contribution is -0.144. The fraction of sp³-hybridized carbons (Fsp3) is 0.733. The molecule has 0 aromatic carbocycles. The van der Waals surface area contributed by atoms with Crippen molar-refractivity contribution < 1.29 is 53.7 Å². The molecule has 0 fully saturated rings. The predicted molar refractivity (Wildman–Crippen MR) is 168 cm³/mol. The van der Waals surface area contributed by atoms with Gasteiger partial charge < -0.3 is 47.6 Å². The standard InChI is InChI=1S/C30H52N6O11/c1-8-16(6)24(30(46)47)36-25(41)17(7)32-29(45)23(15(4)5)35-28(44)20(10-12-22(39)40)34-27(43)19(9-11-21(37)38)33-26(42)18(31)13-14(2)3/h14-20,23-24H,8-13,31H2,1-7H3,(H,32,45)(H,33,42)(H,34,43)(H,35,44)(H,36,41)(H,37,38)(H,39,40)(H,46,47)/t16-,17-,18-,19-,20-,23-,24-/m0/s1. The Morgan fingerprint density at radius 3 is 1.45 bits per heavy atom. The number of carboxylic acid groups (broad SMARTS) is 3. The zero-order valence-electron chi connectivity index (χ0n) is 28.1. The van der Waals surface area contributed by atoms with Crippen LogP contribution in [0.25, 0.3) is 0 Å². The van der Waals surface area contributed by atoms with Crippen molar-refractivity contribution in [2.24, 2.45) is 23.5 Å². The molecule has 17 nitrogen and oxygen atoms in total. The number of carbonyl (C=O) groups excluding carboxylic acids is 5. The van der Waals surface area contributed by atoms with Crippen LogP contribution in [-0.4, -0.2) is 99.0 Å². The summed E-state index contributed by atoms with van der Waals surface area (Å²) in [6.07, 6.45) is -1.12. The van der Waals surface area contributed by atoms with Crippen LogP contribution in [0.4, 0.5) is 0 Å². The maximum absolute atomic E-state index is 13.4. The normalized spacial score (nSPS) is 15.6. The van der Waals surface area contributed by atoms with Crippen LogP contribution < -0.4 is 32.3 Å². The summed E-state index contributed by atoms with van der Waals surface area (Å²) >= 11 is 0. The van der Waals surface area contributed by atoms with Crippen molar-refractivity contribution in [3.05, 3.63) is 0 Å². The molecule has 10 N–H and O–H groups in total. The summed E-state index contributed by atoms with van der Waals surface area (Å²) in [5.74, 6) is -8.91. The predicted octanol–water partition coefficient (Wildman–Crippen LogP) is -0.680. The smallest absolute Gasteiger partial charge is 0.326 e. The van der Waals surface area contributed by atoms with Crippen molar-refractivity contribution in [2.75, 3.05) is 0 Å². The van der Waals surface area contributed by atoms with Crippen LogP contribution in [-0.2, 0) is 38.4 Å². The van der Waals surface area contributed by atoms with Crippen LogP contribution in [0.5, 0.6) is 0 Å². The highest BCUT2D eigenvalue weighted by molar-refractivity contribution is 5.96. The van der Waals surface area contributed by atoms with Gasteiger partial charge in [0.15, 0.2) is 0 Å². The second-order valence-electron chi connectivity index (χ2n) is 12.4. The molecule has 0 aromatic heterocycles. The van der Waals surface area contributed by atoms with Crippen molar-refractivity contribution in [3.8, 4) is 0 Å². The SMILES string of the molecule is CC[C@H](C)[C@H](NC(=O)[C@H](C)NC(=O)[C@@H](NC(=O)[C@H](CCC(=O)O)NC(=O)[C@H](CCC(=O)O)NC(=O)[C@@H](N)CC(C)C)C(C)C)C(=O)O. The van der Waals surface area contributed by atoms with E-state index >= 15 is 0 Å². The Bertz CT molecular complexity index is 1130. The topological polar surface area (TPSA) is 283 Å². The van der Waals surface area contributed by atoms with Gasteiger partial charge in [-0.05, 0) is 43.9 Å². The third kappa shape index (κ3) is 16.2. The van der Waals surface area contributed by atoms with E-state index in [0.717, 1.165) is 0 Å². The monoisotopic (exact) mass is 672 g/mol. The van der Waals surface area contributed by atoms with E-state index in [1.165, 1.54) is 6.92 Å². The number of amides is 5. The van der Waals surface area contributed by atoms with Gasteiger partial charge >= 0.3 is 17.9 Å². The average molecular weight is 673 g/mol. The number of hydrogen-bond acceptors (Lipinski definition) is 9. The maximum atomic E-state index is 13.4. The van der Waals surface area contributed by atoms with Gasteiger partial charge in [-0.1, -0.05) is 48.0 Å². The first-order valence-electron chi connectivity index (χ1n) is 15.6. The molecule has 0 radical (unpaired) electrons. The van der Waals surface area contributed by atoms with Crippen LogP contribution in [0.3, 0.4) is 0 Å². The molecule has 0 rings (SSSR count). The first-order chi connectivity index (χ1) is 21.7. The number of aliphatic carboxylic acids is 3. The second-order valence-corrected chi connectivity index (χ2v) is 12.4. The summed E-state index contributed by atoms with van der Waals surface area (Å²) in [5.41, 5.74) is 5.90. The number of nitrogens with two attached hydrogens (primary N) is 1.